The highest BCUT2D eigenvalue weighted by atomic mass is 35.5. The Morgan fingerprint density at radius 1 is 1.50 bits per heavy atom. The van der Waals surface area contributed by atoms with Crippen molar-refractivity contribution in [1.29, 1.82) is 0 Å². The van der Waals surface area contributed by atoms with Crippen LogP contribution in [0, 0.1) is 0 Å². The minimum Gasteiger partial charge on any atom is -0.495 e. The van der Waals surface area contributed by atoms with Crippen LogP contribution in [0.1, 0.15) is 0 Å². The van der Waals surface area contributed by atoms with Gasteiger partial charge in [-0.3, -0.25) is 0 Å². The fourth-order valence-electron chi connectivity index (χ4n) is 0.936. The lowest BCUT2D eigenvalue weighted by atomic mass is 9.64. The molecule has 1 N–H and O–H groups in total. The van der Waals surface area contributed by atoms with E-state index in [0.29, 0.717) is 10.8 Å². The van der Waals surface area contributed by atoms with Crippen molar-refractivity contribution in [2.45, 2.75) is 6.82 Å². The molecule has 0 aliphatic carbocycles. The lowest BCUT2D eigenvalue weighted by molar-refractivity contribution is 0.415. The average Bonchev–Trinajstić information content (AvgIpc) is 2.05. The molecule has 0 aliphatic heterocycles. The van der Waals surface area contributed by atoms with Crippen LogP contribution >= 0.6 is 11.6 Å². The van der Waals surface area contributed by atoms with E-state index in [2.05, 4.69) is 0 Å². The SMILES string of the molecule is COc1cc(B(C)O)ccc1Cl. The number of hydrogen-bond donors (Lipinski definition) is 1. The van der Waals surface area contributed by atoms with Gasteiger partial charge in [-0.25, -0.2) is 0 Å². The summed E-state index contributed by atoms with van der Waals surface area (Å²) in [7, 11) is 1.55. The van der Waals surface area contributed by atoms with Crippen LogP contribution in [0.5, 0.6) is 5.75 Å². The molecule has 0 amide bonds. The Kier molecular flexibility index (Phi) is 3.01. The van der Waals surface area contributed by atoms with E-state index in [1.54, 1.807) is 32.1 Å². The van der Waals surface area contributed by atoms with Gasteiger partial charge in [0.25, 0.3) is 0 Å². The number of benzene rings is 1. The molecule has 12 heavy (non-hydrogen) atoms. The van der Waals surface area contributed by atoms with Crippen LogP contribution < -0.4 is 10.2 Å². The second-order valence-electron chi connectivity index (χ2n) is 2.57. The van der Waals surface area contributed by atoms with Crippen LogP contribution in [-0.2, 0) is 0 Å². The number of hydrogen-bond acceptors (Lipinski definition) is 2. The standard InChI is InChI=1S/C8H10BClO2/c1-9(11)6-3-4-7(10)8(5-6)12-2/h3-5,11H,1-2H3. The first-order valence-corrected chi connectivity index (χ1v) is 4.04. The third-order valence-corrected chi connectivity index (χ3v) is 1.97. The van der Waals surface area contributed by atoms with Gasteiger partial charge in [0.1, 0.15) is 5.75 Å². The molecule has 0 saturated heterocycles. The summed E-state index contributed by atoms with van der Waals surface area (Å²) in [6.45, 7) is 1.21. The minimum atomic E-state index is -0.490. The maximum atomic E-state index is 9.24. The van der Waals surface area contributed by atoms with Gasteiger partial charge in [-0.05, 0) is 17.6 Å². The van der Waals surface area contributed by atoms with Crippen LogP contribution in [0.4, 0.5) is 0 Å². The highest BCUT2D eigenvalue weighted by Gasteiger charge is 2.08. The summed E-state index contributed by atoms with van der Waals surface area (Å²) >= 11 is 5.79. The highest BCUT2D eigenvalue weighted by Crippen LogP contribution is 2.21. The average molecular weight is 184 g/mol. The van der Waals surface area contributed by atoms with Crippen molar-refractivity contribution in [2.75, 3.05) is 7.11 Å². The molecular formula is C8H10BClO2. The second-order valence-corrected chi connectivity index (χ2v) is 2.98. The predicted molar refractivity (Wildman–Crippen MR) is 51.5 cm³/mol. The van der Waals surface area contributed by atoms with Gasteiger partial charge in [-0.1, -0.05) is 24.5 Å². The summed E-state index contributed by atoms with van der Waals surface area (Å²) in [6, 6.07) is 5.21. The Morgan fingerprint density at radius 3 is 2.67 bits per heavy atom. The molecule has 4 heteroatoms. The monoisotopic (exact) mass is 184 g/mol. The zero-order valence-corrected chi connectivity index (χ0v) is 7.80. The molecule has 1 rings (SSSR count). The summed E-state index contributed by atoms with van der Waals surface area (Å²) in [5.74, 6) is 0.593. The van der Waals surface area contributed by atoms with Crippen LogP contribution in [0.2, 0.25) is 11.8 Å². The van der Waals surface area contributed by atoms with E-state index < -0.39 is 6.92 Å². The smallest absolute Gasteiger partial charge is 0.320 e. The van der Waals surface area contributed by atoms with Crippen LogP contribution in [0.15, 0.2) is 18.2 Å². The molecule has 64 valence electrons. The first-order chi connectivity index (χ1) is 5.65. The quantitative estimate of drug-likeness (QED) is 0.699. The Balaban J connectivity index is 3.05. The van der Waals surface area contributed by atoms with Crippen LogP contribution in [0.25, 0.3) is 0 Å². The highest BCUT2D eigenvalue weighted by molar-refractivity contribution is 6.64. The number of rotatable bonds is 2. The lowest BCUT2D eigenvalue weighted by Gasteiger charge is -2.05. The Labute approximate surface area is 77.2 Å². The lowest BCUT2D eigenvalue weighted by Crippen LogP contribution is -2.25. The molecule has 0 unspecified atom stereocenters. The van der Waals surface area contributed by atoms with Gasteiger partial charge in [-0.15, -0.1) is 0 Å². The molecule has 0 spiro atoms. The fourth-order valence-corrected chi connectivity index (χ4v) is 1.13. The van der Waals surface area contributed by atoms with Gasteiger partial charge in [0.15, 0.2) is 0 Å². The van der Waals surface area contributed by atoms with Crippen molar-refractivity contribution < 1.29 is 9.76 Å². The number of ether oxygens (including phenoxy) is 1. The van der Waals surface area contributed by atoms with E-state index in [4.69, 9.17) is 16.3 Å². The zero-order valence-electron chi connectivity index (χ0n) is 7.04. The number of methoxy groups -OCH3 is 1. The van der Waals surface area contributed by atoms with E-state index in [1.807, 2.05) is 0 Å². The van der Waals surface area contributed by atoms with Crippen LogP contribution in [-0.4, -0.2) is 19.0 Å². The van der Waals surface area contributed by atoms with Crippen molar-refractivity contribution in [3.63, 3.8) is 0 Å². The number of halogens is 1. The Hall–Kier alpha value is -0.665. The van der Waals surface area contributed by atoms with E-state index in [0.717, 1.165) is 5.46 Å². The summed E-state index contributed by atoms with van der Waals surface area (Å²) in [5, 5.41) is 9.79. The van der Waals surface area contributed by atoms with Gasteiger partial charge < -0.3 is 9.76 Å². The van der Waals surface area contributed by atoms with Crippen molar-refractivity contribution in [3.05, 3.63) is 23.2 Å². The molecule has 0 saturated carbocycles. The van der Waals surface area contributed by atoms with Crippen molar-refractivity contribution >= 4 is 24.0 Å². The summed E-state index contributed by atoms with van der Waals surface area (Å²) in [5.41, 5.74) is 0.802. The topological polar surface area (TPSA) is 29.5 Å². The van der Waals surface area contributed by atoms with Crippen LogP contribution in [0.3, 0.4) is 0 Å². The molecule has 0 aliphatic rings. The molecular weight excluding hydrogens is 174 g/mol. The molecule has 0 radical (unpaired) electrons. The first-order valence-electron chi connectivity index (χ1n) is 3.66. The Bertz CT molecular complexity index is 276. The molecule has 2 nitrogen and oxygen atoms in total. The second kappa shape index (κ2) is 3.83. The van der Waals surface area contributed by atoms with E-state index in [9.17, 15) is 5.02 Å². The third kappa shape index (κ3) is 1.93. The molecule has 0 atom stereocenters. The fraction of sp³-hybridized carbons (Fsp3) is 0.250. The molecule has 0 heterocycles. The normalized spacial score (nSPS) is 9.67. The predicted octanol–water partition coefficient (Wildman–Crippen LogP) is 1.17. The van der Waals surface area contributed by atoms with E-state index in [-0.39, 0.29) is 0 Å². The van der Waals surface area contributed by atoms with Crippen molar-refractivity contribution in [3.8, 4) is 5.75 Å². The molecule has 0 aromatic heterocycles. The van der Waals surface area contributed by atoms with Crippen molar-refractivity contribution in [1.82, 2.24) is 0 Å². The molecule has 1 aromatic rings. The summed E-state index contributed by atoms with van der Waals surface area (Å²) in [4.78, 5) is 0. The molecule has 0 bridgehead atoms. The van der Waals surface area contributed by atoms with Gasteiger partial charge in [0, 0.05) is 0 Å². The third-order valence-electron chi connectivity index (χ3n) is 1.66. The molecule has 0 fully saturated rings. The summed E-state index contributed by atoms with van der Waals surface area (Å²) in [6.07, 6.45) is 0. The van der Waals surface area contributed by atoms with Crippen molar-refractivity contribution in [2.24, 2.45) is 0 Å². The van der Waals surface area contributed by atoms with E-state index >= 15 is 0 Å². The van der Waals surface area contributed by atoms with Gasteiger partial charge in [0.05, 0.1) is 12.1 Å². The summed E-state index contributed by atoms with van der Waals surface area (Å²) < 4.78 is 4.99. The molecule has 1 aromatic carbocycles. The van der Waals surface area contributed by atoms with Gasteiger partial charge in [-0.2, -0.15) is 0 Å². The first kappa shape index (κ1) is 9.42. The van der Waals surface area contributed by atoms with E-state index in [1.165, 1.54) is 0 Å². The largest absolute Gasteiger partial charge is 0.495 e. The maximum absolute atomic E-state index is 9.24. The minimum absolute atomic E-state index is 0.490. The van der Waals surface area contributed by atoms with Gasteiger partial charge in [0.2, 0.25) is 0 Å². The maximum Gasteiger partial charge on any atom is 0.320 e. The van der Waals surface area contributed by atoms with Gasteiger partial charge >= 0.3 is 6.92 Å². The zero-order chi connectivity index (χ0) is 9.14. The Morgan fingerprint density at radius 2 is 2.17 bits per heavy atom.